The molecular weight excluding hydrogens is 314 g/mol. The van der Waals surface area contributed by atoms with Crippen LogP contribution < -0.4 is 10.1 Å². The van der Waals surface area contributed by atoms with Crippen molar-refractivity contribution in [3.63, 3.8) is 0 Å². The number of likely N-dealkylation sites (tertiary alicyclic amines) is 1. The monoisotopic (exact) mass is 338 g/mol. The third kappa shape index (κ3) is 4.44. The number of benzene rings is 1. The molecule has 0 radical (unpaired) electrons. The lowest BCUT2D eigenvalue weighted by atomic mass is 9.78. The van der Waals surface area contributed by atoms with Crippen LogP contribution in [0.1, 0.15) is 38.5 Å². The van der Waals surface area contributed by atoms with E-state index in [1.807, 2.05) is 0 Å². The molecule has 0 aromatic heterocycles. The number of piperidine rings is 1. The first-order valence-corrected chi connectivity index (χ1v) is 8.70. The van der Waals surface area contributed by atoms with Crippen molar-refractivity contribution in [2.75, 3.05) is 18.4 Å². The van der Waals surface area contributed by atoms with Crippen LogP contribution in [0, 0.1) is 5.92 Å². The van der Waals surface area contributed by atoms with Gasteiger partial charge in [-0.15, -0.1) is 0 Å². The Labute approximate surface area is 141 Å². The predicted octanol–water partition coefficient (Wildman–Crippen LogP) is 3.88. The van der Waals surface area contributed by atoms with E-state index in [0.717, 1.165) is 18.9 Å². The number of nitrogens with one attached hydrogen (secondary N) is 1. The second-order valence-corrected chi connectivity index (χ2v) is 6.68. The van der Waals surface area contributed by atoms with Gasteiger partial charge in [-0.25, -0.2) is 0 Å². The molecule has 1 aromatic rings. The number of hydrogen-bond acceptors (Lipinski definition) is 3. The number of rotatable bonds is 5. The van der Waals surface area contributed by atoms with E-state index < -0.39 is 6.61 Å². The Kier molecular flexibility index (Phi) is 5.66. The molecule has 1 heterocycles. The molecule has 0 spiro atoms. The van der Waals surface area contributed by atoms with Crippen LogP contribution in [0.2, 0.25) is 0 Å². The Morgan fingerprint density at radius 3 is 2.62 bits per heavy atom. The van der Waals surface area contributed by atoms with Gasteiger partial charge in [-0.2, -0.15) is 8.78 Å². The van der Waals surface area contributed by atoms with Gasteiger partial charge < -0.3 is 10.1 Å². The van der Waals surface area contributed by atoms with Gasteiger partial charge in [0.1, 0.15) is 5.75 Å². The Balaban J connectivity index is 1.53. The summed E-state index contributed by atoms with van der Waals surface area (Å²) in [5.74, 6) is 0.777. The molecule has 0 unspecified atom stereocenters. The number of amides is 1. The van der Waals surface area contributed by atoms with Crippen LogP contribution in [-0.2, 0) is 4.79 Å². The van der Waals surface area contributed by atoms with Crippen molar-refractivity contribution in [3.8, 4) is 5.75 Å². The van der Waals surface area contributed by atoms with Gasteiger partial charge >= 0.3 is 6.61 Å². The van der Waals surface area contributed by atoms with Crippen molar-refractivity contribution in [1.82, 2.24) is 4.90 Å². The summed E-state index contributed by atoms with van der Waals surface area (Å²) in [5, 5.41) is 2.84. The minimum atomic E-state index is -2.84. The Morgan fingerprint density at radius 2 is 1.88 bits per heavy atom. The third-order valence-electron chi connectivity index (χ3n) is 5.07. The zero-order chi connectivity index (χ0) is 16.9. The van der Waals surface area contributed by atoms with Crippen molar-refractivity contribution in [1.29, 1.82) is 0 Å². The molecular formula is C18H24F2N2O2. The highest BCUT2D eigenvalue weighted by atomic mass is 19.3. The fourth-order valence-electron chi connectivity index (χ4n) is 4.03. The Hall–Kier alpha value is -1.69. The summed E-state index contributed by atoms with van der Waals surface area (Å²) in [5.41, 5.74) is 0.596. The molecule has 1 aliphatic heterocycles. The first kappa shape index (κ1) is 17.1. The lowest BCUT2D eigenvalue weighted by Gasteiger charge is -2.43. The van der Waals surface area contributed by atoms with E-state index >= 15 is 0 Å². The quantitative estimate of drug-likeness (QED) is 0.886. The van der Waals surface area contributed by atoms with E-state index in [1.165, 1.54) is 44.2 Å². The number of carbonyl (C=O) groups is 1. The molecule has 1 aromatic carbocycles. The van der Waals surface area contributed by atoms with E-state index in [1.54, 1.807) is 12.1 Å². The summed E-state index contributed by atoms with van der Waals surface area (Å²) >= 11 is 0. The van der Waals surface area contributed by atoms with Crippen LogP contribution in [0.15, 0.2) is 24.3 Å². The highest BCUT2D eigenvalue weighted by Crippen LogP contribution is 2.35. The Bertz CT molecular complexity index is 548. The van der Waals surface area contributed by atoms with E-state index in [9.17, 15) is 13.6 Å². The average molecular weight is 338 g/mol. The number of fused-ring (bicyclic) bond motifs is 1. The van der Waals surface area contributed by atoms with E-state index in [4.69, 9.17) is 0 Å². The van der Waals surface area contributed by atoms with Gasteiger partial charge in [-0.05, 0) is 62.4 Å². The average Bonchev–Trinajstić information content (AvgIpc) is 2.56. The SMILES string of the molecule is O=C(CN1CCC[C@H]2CCCC[C@@H]21)Nc1ccc(OC(F)F)cc1. The number of hydrogen-bond donors (Lipinski definition) is 1. The molecule has 3 rings (SSSR count). The summed E-state index contributed by atoms with van der Waals surface area (Å²) in [6.07, 6.45) is 7.49. The smallest absolute Gasteiger partial charge is 0.387 e. The molecule has 24 heavy (non-hydrogen) atoms. The van der Waals surface area contributed by atoms with E-state index in [2.05, 4.69) is 15.0 Å². The predicted molar refractivity (Wildman–Crippen MR) is 88.3 cm³/mol. The summed E-state index contributed by atoms with van der Waals surface area (Å²) in [7, 11) is 0. The molecule has 6 heteroatoms. The zero-order valence-corrected chi connectivity index (χ0v) is 13.7. The number of halogens is 2. The fourth-order valence-corrected chi connectivity index (χ4v) is 4.03. The number of alkyl halides is 2. The van der Waals surface area contributed by atoms with Gasteiger partial charge in [0.25, 0.3) is 0 Å². The second-order valence-electron chi connectivity index (χ2n) is 6.68. The number of carbonyl (C=O) groups excluding carboxylic acids is 1. The summed E-state index contributed by atoms with van der Waals surface area (Å²) < 4.78 is 28.6. The summed E-state index contributed by atoms with van der Waals surface area (Å²) in [4.78, 5) is 14.6. The normalized spacial score (nSPS) is 24.5. The van der Waals surface area contributed by atoms with Crippen LogP contribution >= 0.6 is 0 Å². The van der Waals surface area contributed by atoms with Gasteiger partial charge in [-0.1, -0.05) is 12.8 Å². The van der Waals surface area contributed by atoms with Gasteiger partial charge in [-0.3, -0.25) is 9.69 Å². The van der Waals surface area contributed by atoms with Crippen molar-refractivity contribution in [2.45, 2.75) is 51.2 Å². The maximum atomic E-state index is 12.3. The molecule has 0 bridgehead atoms. The summed E-state index contributed by atoms with van der Waals surface area (Å²) in [6.45, 7) is -1.46. The molecule has 1 N–H and O–H groups in total. The number of nitrogens with zero attached hydrogens (tertiary/aromatic N) is 1. The first-order valence-electron chi connectivity index (χ1n) is 8.70. The molecule has 1 amide bonds. The topological polar surface area (TPSA) is 41.6 Å². The first-order chi connectivity index (χ1) is 11.6. The highest BCUT2D eigenvalue weighted by molar-refractivity contribution is 5.92. The molecule has 1 saturated carbocycles. The molecule has 2 atom stereocenters. The molecule has 132 valence electrons. The molecule has 1 saturated heterocycles. The highest BCUT2D eigenvalue weighted by Gasteiger charge is 2.33. The van der Waals surface area contributed by atoms with Crippen molar-refractivity contribution in [3.05, 3.63) is 24.3 Å². The van der Waals surface area contributed by atoms with E-state index in [-0.39, 0.29) is 11.7 Å². The largest absolute Gasteiger partial charge is 0.435 e. The minimum absolute atomic E-state index is 0.0521. The molecule has 4 nitrogen and oxygen atoms in total. The number of ether oxygens (including phenoxy) is 1. The standard InChI is InChI=1S/C18H24F2N2O2/c19-18(20)24-15-9-7-14(8-10-15)21-17(23)12-22-11-3-5-13-4-1-2-6-16(13)22/h7-10,13,16,18H,1-6,11-12H2,(H,21,23)/t13-,16+/m1/s1. The van der Waals surface area contributed by atoms with Crippen LogP contribution in [0.5, 0.6) is 5.75 Å². The van der Waals surface area contributed by atoms with Crippen molar-refractivity contribution in [2.24, 2.45) is 5.92 Å². The van der Waals surface area contributed by atoms with Crippen LogP contribution in [0.4, 0.5) is 14.5 Å². The van der Waals surface area contributed by atoms with Crippen LogP contribution in [-0.4, -0.2) is 36.5 Å². The van der Waals surface area contributed by atoms with Gasteiger partial charge in [0.05, 0.1) is 6.54 Å². The zero-order valence-electron chi connectivity index (χ0n) is 13.7. The molecule has 2 fully saturated rings. The van der Waals surface area contributed by atoms with Crippen molar-refractivity contribution >= 4 is 11.6 Å². The molecule has 2 aliphatic rings. The van der Waals surface area contributed by atoms with Gasteiger partial charge in [0.2, 0.25) is 5.91 Å². The maximum absolute atomic E-state index is 12.3. The lowest BCUT2D eigenvalue weighted by molar-refractivity contribution is -0.118. The molecule has 1 aliphatic carbocycles. The summed E-state index contributed by atoms with van der Waals surface area (Å²) in [6, 6.07) is 6.56. The van der Waals surface area contributed by atoms with Crippen molar-refractivity contribution < 1.29 is 18.3 Å². The maximum Gasteiger partial charge on any atom is 0.387 e. The van der Waals surface area contributed by atoms with Gasteiger partial charge in [0.15, 0.2) is 0 Å². The van der Waals surface area contributed by atoms with Crippen LogP contribution in [0.25, 0.3) is 0 Å². The van der Waals surface area contributed by atoms with Crippen LogP contribution in [0.3, 0.4) is 0 Å². The minimum Gasteiger partial charge on any atom is -0.435 e. The van der Waals surface area contributed by atoms with E-state index in [0.29, 0.717) is 18.3 Å². The number of anilines is 1. The lowest BCUT2D eigenvalue weighted by Crippen LogP contribution is -2.49. The third-order valence-corrected chi connectivity index (χ3v) is 5.07. The van der Waals surface area contributed by atoms with Gasteiger partial charge in [0, 0.05) is 11.7 Å². The fraction of sp³-hybridized carbons (Fsp3) is 0.611. The Morgan fingerprint density at radius 1 is 1.17 bits per heavy atom. The second kappa shape index (κ2) is 7.92.